The normalized spacial score (nSPS) is 29.1. The maximum atomic E-state index is 13.8. The molecule has 5 rings (SSSR count). The summed E-state index contributed by atoms with van der Waals surface area (Å²) in [5.74, 6) is -2.28. The Morgan fingerprint density at radius 1 is 1.10 bits per heavy atom. The van der Waals surface area contributed by atoms with Gasteiger partial charge in [0.2, 0.25) is 11.8 Å². The van der Waals surface area contributed by atoms with Crippen molar-refractivity contribution in [3.8, 4) is 0 Å². The summed E-state index contributed by atoms with van der Waals surface area (Å²) in [5, 5.41) is 3.96. The number of hydrogen-bond acceptors (Lipinski definition) is 4. The minimum absolute atomic E-state index is 0.210. The molecule has 3 amide bonds. The van der Waals surface area contributed by atoms with Gasteiger partial charge in [-0.1, -0.05) is 42.8 Å². The minimum atomic E-state index is -1.27. The molecule has 2 fully saturated rings. The van der Waals surface area contributed by atoms with Gasteiger partial charge in [-0.2, -0.15) is 0 Å². The van der Waals surface area contributed by atoms with Gasteiger partial charge in [0.15, 0.2) is 0 Å². The van der Waals surface area contributed by atoms with E-state index in [2.05, 4.69) is 11.9 Å². The van der Waals surface area contributed by atoms with Crippen LogP contribution in [-0.2, 0) is 19.9 Å². The van der Waals surface area contributed by atoms with Gasteiger partial charge in [0.25, 0.3) is 5.91 Å². The zero-order valence-electron chi connectivity index (χ0n) is 17.0. The molecule has 0 bridgehead atoms. The van der Waals surface area contributed by atoms with E-state index < -0.39 is 17.4 Å². The molecule has 2 aromatic rings. The van der Waals surface area contributed by atoms with Crippen LogP contribution >= 0.6 is 11.6 Å². The van der Waals surface area contributed by atoms with Crippen molar-refractivity contribution in [2.24, 2.45) is 11.8 Å². The highest BCUT2D eigenvalue weighted by Crippen LogP contribution is 2.55. The molecule has 158 valence electrons. The summed E-state index contributed by atoms with van der Waals surface area (Å²) in [4.78, 5) is 44.0. The number of benzene rings is 2. The van der Waals surface area contributed by atoms with Gasteiger partial charge in [0.1, 0.15) is 5.54 Å². The minimum Gasteiger partial charge on any atom is -0.306 e. The van der Waals surface area contributed by atoms with Crippen LogP contribution in [0.2, 0.25) is 5.02 Å². The van der Waals surface area contributed by atoms with E-state index in [0.717, 1.165) is 11.3 Å². The predicted molar refractivity (Wildman–Crippen MR) is 119 cm³/mol. The molecule has 0 unspecified atom stereocenters. The highest BCUT2D eigenvalue weighted by molar-refractivity contribution is 6.31. The van der Waals surface area contributed by atoms with Gasteiger partial charge in [-0.25, -0.2) is 4.90 Å². The van der Waals surface area contributed by atoms with Crippen molar-refractivity contribution in [2.45, 2.75) is 24.9 Å². The number of anilines is 2. The topological polar surface area (TPSA) is 69.7 Å². The molecule has 7 heteroatoms. The van der Waals surface area contributed by atoms with Gasteiger partial charge < -0.3 is 4.90 Å². The smallest absolute Gasteiger partial charge is 0.253 e. The van der Waals surface area contributed by atoms with Gasteiger partial charge in [0, 0.05) is 28.9 Å². The molecule has 3 aliphatic rings. The number of carbonyl (C=O) groups is 3. The number of amides is 3. The Bertz CT molecular complexity index is 1120. The largest absolute Gasteiger partial charge is 0.306 e. The van der Waals surface area contributed by atoms with Crippen LogP contribution in [0.15, 0.2) is 61.2 Å². The number of halogens is 1. The second kappa shape index (κ2) is 7.04. The lowest BCUT2D eigenvalue weighted by molar-refractivity contribution is -0.132. The zero-order chi connectivity index (χ0) is 21.9. The summed E-state index contributed by atoms with van der Waals surface area (Å²) in [6, 6.07) is 13.8. The molecule has 3 aliphatic heterocycles. The number of imide groups is 1. The van der Waals surface area contributed by atoms with E-state index in [-0.39, 0.29) is 23.8 Å². The summed E-state index contributed by atoms with van der Waals surface area (Å²) in [6.07, 6.45) is 2.28. The third-order valence-electron chi connectivity index (χ3n) is 6.70. The second-order valence-corrected chi connectivity index (χ2v) is 8.62. The van der Waals surface area contributed by atoms with Crippen molar-refractivity contribution in [2.75, 3.05) is 16.3 Å². The van der Waals surface area contributed by atoms with Crippen molar-refractivity contribution in [1.82, 2.24) is 5.32 Å². The van der Waals surface area contributed by atoms with Gasteiger partial charge in [-0.05, 0) is 36.8 Å². The summed E-state index contributed by atoms with van der Waals surface area (Å²) >= 11 is 6.00. The Hall–Kier alpha value is -2.96. The first-order chi connectivity index (χ1) is 15.0. The van der Waals surface area contributed by atoms with Gasteiger partial charge in [-0.3, -0.25) is 19.7 Å². The SMILES string of the molecule is C=CCN1C(=O)[C@]2(N[C@H](CC)[C@H]3C(=O)N(c4ccc(Cl)cc4)C(=O)[C@H]32)c2ccccc21. The highest BCUT2D eigenvalue weighted by Gasteiger charge is 2.71. The van der Waals surface area contributed by atoms with Gasteiger partial charge in [-0.15, -0.1) is 6.58 Å². The number of nitrogens with zero attached hydrogens (tertiary/aromatic N) is 2. The number of nitrogens with one attached hydrogen (secondary N) is 1. The Balaban J connectivity index is 1.68. The lowest BCUT2D eigenvalue weighted by atomic mass is 9.76. The van der Waals surface area contributed by atoms with Crippen LogP contribution in [0.25, 0.3) is 0 Å². The van der Waals surface area contributed by atoms with Gasteiger partial charge in [0.05, 0.1) is 17.5 Å². The van der Waals surface area contributed by atoms with Crippen molar-refractivity contribution in [3.63, 3.8) is 0 Å². The summed E-state index contributed by atoms with van der Waals surface area (Å²) in [6.45, 7) is 6.07. The van der Waals surface area contributed by atoms with Crippen molar-refractivity contribution in [1.29, 1.82) is 0 Å². The molecule has 3 heterocycles. The fraction of sp³-hybridized carbons (Fsp3) is 0.292. The molecule has 0 aliphatic carbocycles. The molecule has 0 radical (unpaired) electrons. The molecule has 0 aromatic heterocycles. The molecule has 4 atom stereocenters. The maximum Gasteiger partial charge on any atom is 0.253 e. The van der Waals surface area contributed by atoms with E-state index in [1.54, 1.807) is 35.2 Å². The lowest BCUT2D eigenvalue weighted by Gasteiger charge is -2.30. The first kappa shape index (κ1) is 20.0. The predicted octanol–water partition coefficient (Wildman–Crippen LogP) is 3.26. The lowest BCUT2D eigenvalue weighted by Crippen LogP contribution is -2.55. The molecule has 1 spiro atoms. The molecular formula is C24H22ClN3O3. The van der Waals surface area contributed by atoms with Crippen LogP contribution in [-0.4, -0.2) is 30.3 Å². The first-order valence-corrected chi connectivity index (χ1v) is 10.8. The molecule has 6 nitrogen and oxygen atoms in total. The highest BCUT2D eigenvalue weighted by atomic mass is 35.5. The molecule has 1 N–H and O–H groups in total. The van der Waals surface area contributed by atoms with Crippen molar-refractivity contribution >= 4 is 40.7 Å². The average Bonchev–Trinajstić information content (AvgIpc) is 3.34. The van der Waals surface area contributed by atoms with E-state index in [4.69, 9.17) is 11.6 Å². The molecule has 0 saturated carbocycles. The fourth-order valence-electron chi connectivity index (χ4n) is 5.45. The Labute approximate surface area is 185 Å². The first-order valence-electron chi connectivity index (χ1n) is 10.4. The van der Waals surface area contributed by atoms with Gasteiger partial charge >= 0.3 is 0 Å². The van der Waals surface area contributed by atoms with E-state index in [0.29, 0.717) is 23.7 Å². The number of carbonyl (C=O) groups excluding carboxylic acids is 3. The summed E-state index contributed by atoms with van der Waals surface area (Å²) in [7, 11) is 0. The standard InChI is InChI=1S/C24H22ClN3O3/c1-3-13-27-18-8-6-5-7-16(18)24(23(27)31)20-19(17(4-2)26-24)21(29)28(22(20)30)15-11-9-14(25)10-12-15/h3,5-12,17,19-20,26H,1,4,13H2,2H3/t17-,19-,20+,24+/m1/s1. The quantitative estimate of drug-likeness (QED) is 0.591. The van der Waals surface area contributed by atoms with Crippen LogP contribution in [0, 0.1) is 11.8 Å². The number of rotatable bonds is 4. The van der Waals surface area contributed by atoms with Crippen molar-refractivity contribution in [3.05, 3.63) is 71.8 Å². The molecule has 2 aromatic carbocycles. The molecular weight excluding hydrogens is 414 g/mol. The zero-order valence-corrected chi connectivity index (χ0v) is 17.8. The van der Waals surface area contributed by atoms with Crippen LogP contribution in [0.3, 0.4) is 0 Å². The molecule has 2 saturated heterocycles. The second-order valence-electron chi connectivity index (χ2n) is 8.18. The van der Waals surface area contributed by atoms with E-state index >= 15 is 0 Å². The number of para-hydroxylation sites is 1. The van der Waals surface area contributed by atoms with E-state index in [1.807, 2.05) is 31.2 Å². The van der Waals surface area contributed by atoms with Crippen LogP contribution in [0.1, 0.15) is 18.9 Å². The Morgan fingerprint density at radius 3 is 2.48 bits per heavy atom. The van der Waals surface area contributed by atoms with Crippen molar-refractivity contribution < 1.29 is 14.4 Å². The van der Waals surface area contributed by atoms with Crippen LogP contribution in [0.5, 0.6) is 0 Å². The fourth-order valence-corrected chi connectivity index (χ4v) is 5.58. The molecule has 31 heavy (non-hydrogen) atoms. The van der Waals surface area contributed by atoms with Crippen LogP contribution < -0.4 is 15.1 Å². The summed E-state index contributed by atoms with van der Waals surface area (Å²) < 4.78 is 0. The van der Waals surface area contributed by atoms with Crippen LogP contribution in [0.4, 0.5) is 11.4 Å². The van der Waals surface area contributed by atoms with E-state index in [9.17, 15) is 14.4 Å². The Morgan fingerprint density at radius 2 is 1.81 bits per heavy atom. The third kappa shape index (κ3) is 2.52. The monoisotopic (exact) mass is 435 g/mol. The summed E-state index contributed by atoms with van der Waals surface area (Å²) in [5.41, 5.74) is 0.701. The Kier molecular flexibility index (Phi) is 4.53. The number of hydrogen-bond donors (Lipinski definition) is 1. The average molecular weight is 436 g/mol. The third-order valence-corrected chi connectivity index (χ3v) is 6.95. The number of fused-ring (bicyclic) bond motifs is 4. The van der Waals surface area contributed by atoms with E-state index in [1.165, 1.54) is 4.90 Å². The maximum absolute atomic E-state index is 13.8.